The van der Waals surface area contributed by atoms with E-state index in [0.717, 1.165) is 53.6 Å². The normalized spacial score (nSPS) is 15.2. The second-order valence-electron chi connectivity index (χ2n) is 7.48. The van der Waals surface area contributed by atoms with Gasteiger partial charge in [-0.1, -0.05) is 0 Å². The average molecular weight is 390 g/mol. The minimum absolute atomic E-state index is 0.0428. The topological polar surface area (TPSA) is 103 Å². The molecule has 9 heteroatoms. The fourth-order valence-electron chi connectivity index (χ4n) is 3.98. The van der Waals surface area contributed by atoms with Crippen molar-refractivity contribution < 1.29 is 0 Å². The Labute approximate surface area is 166 Å². The summed E-state index contributed by atoms with van der Waals surface area (Å²) in [4.78, 5) is 22.0. The van der Waals surface area contributed by atoms with Gasteiger partial charge in [-0.15, -0.1) is 0 Å². The molecule has 0 bridgehead atoms. The third-order valence-electron chi connectivity index (χ3n) is 5.61. The van der Waals surface area contributed by atoms with Crippen molar-refractivity contribution in [3.8, 4) is 0 Å². The average Bonchev–Trinajstić information content (AvgIpc) is 2.99. The standard InChI is InChI=1S/C20H22N8O/c1-12-9-16-13(3-8-23-26-16)10-15(12)24-19-22-11-17-18(25-19)28(20(29)27(17)2)14-4-6-21-7-5-14/h3,8-11,14,21H,4-7H2,1-2H3,(H,22,24,25). The van der Waals surface area contributed by atoms with Crippen LogP contribution in [-0.4, -0.2) is 42.4 Å². The number of hydrogen-bond donors (Lipinski definition) is 2. The van der Waals surface area contributed by atoms with E-state index in [1.54, 1.807) is 24.0 Å². The predicted molar refractivity (Wildman–Crippen MR) is 111 cm³/mol. The van der Waals surface area contributed by atoms with Gasteiger partial charge in [-0.05, 0) is 56.6 Å². The number of anilines is 2. The molecule has 1 aromatic carbocycles. The number of fused-ring (bicyclic) bond motifs is 2. The highest BCUT2D eigenvalue weighted by atomic mass is 16.1. The Bertz CT molecular complexity index is 1270. The van der Waals surface area contributed by atoms with Crippen molar-refractivity contribution in [3.05, 3.63) is 46.6 Å². The molecule has 5 rings (SSSR count). The van der Waals surface area contributed by atoms with Crippen LogP contribution in [0.2, 0.25) is 0 Å². The molecule has 148 valence electrons. The van der Waals surface area contributed by atoms with E-state index in [-0.39, 0.29) is 11.7 Å². The second kappa shape index (κ2) is 6.93. The molecule has 1 aliphatic heterocycles. The van der Waals surface area contributed by atoms with E-state index in [1.165, 1.54) is 0 Å². The minimum atomic E-state index is -0.0428. The molecule has 2 N–H and O–H groups in total. The van der Waals surface area contributed by atoms with Crippen LogP contribution in [0.3, 0.4) is 0 Å². The van der Waals surface area contributed by atoms with Crippen LogP contribution in [0.25, 0.3) is 22.1 Å². The Morgan fingerprint density at radius 2 is 2.07 bits per heavy atom. The highest BCUT2D eigenvalue weighted by molar-refractivity contribution is 5.84. The van der Waals surface area contributed by atoms with Gasteiger partial charge in [-0.2, -0.15) is 15.2 Å². The van der Waals surface area contributed by atoms with Crippen LogP contribution in [-0.2, 0) is 7.05 Å². The van der Waals surface area contributed by atoms with E-state index in [4.69, 9.17) is 4.98 Å². The molecule has 0 spiro atoms. The van der Waals surface area contributed by atoms with Crippen molar-refractivity contribution in [3.63, 3.8) is 0 Å². The fourth-order valence-corrected chi connectivity index (χ4v) is 3.98. The van der Waals surface area contributed by atoms with Gasteiger partial charge < -0.3 is 10.6 Å². The van der Waals surface area contributed by atoms with Crippen molar-refractivity contribution in [2.24, 2.45) is 7.05 Å². The molecule has 0 radical (unpaired) electrons. The van der Waals surface area contributed by atoms with Crippen LogP contribution in [0.4, 0.5) is 11.6 Å². The first-order chi connectivity index (χ1) is 14.1. The summed E-state index contributed by atoms with van der Waals surface area (Å²) in [5, 5.41) is 15.7. The maximum absolute atomic E-state index is 12.9. The van der Waals surface area contributed by atoms with Gasteiger partial charge in [0.25, 0.3) is 0 Å². The van der Waals surface area contributed by atoms with E-state index in [0.29, 0.717) is 11.6 Å². The first kappa shape index (κ1) is 17.7. The van der Waals surface area contributed by atoms with Crippen LogP contribution in [0, 0.1) is 6.92 Å². The number of hydrogen-bond acceptors (Lipinski definition) is 7. The number of piperidine rings is 1. The second-order valence-corrected chi connectivity index (χ2v) is 7.48. The van der Waals surface area contributed by atoms with Crippen LogP contribution in [0.1, 0.15) is 24.4 Å². The van der Waals surface area contributed by atoms with Crippen LogP contribution < -0.4 is 16.3 Å². The molecule has 1 fully saturated rings. The Balaban J connectivity index is 1.58. The molecular weight excluding hydrogens is 368 g/mol. The molecule has 9 nitrogen and oxygen atoms in total. The van der Waals surface area contributed by atoms with E-state index in [2.05, 4.69) is 25.8 Å². The van der Waals surface area contributed by atoms with Crippen LogP contribution in [0.5, 0.6) is 0 Å². The van der Waals surface area contributed by atoms with Gasteiger partial charge in [0.2, 0.25) is 5.95 Å². The smallest absolute Gasteiger partial charge is 0.324 e. The summed E-state index contributed by atoms with van der Waals surface area (Å²) >= 11 is 0. The highest BCUT2D eigenvalue weighted by Gasteiger charge is 2.22. The molecule has 3 aromatic heterocycles. The lowest BCUT2D eigenvalue weighted by Crippen LogP contribution is -2.34. The molecule has 29 heavy (non-hydrogen) atoms. The van der Waals surface area contributed by atoms with Crippen LogP contribution in [0.15, 0.2) is 35.4 Å². The molecule has 1 saturated heterocycles. The molecule has 0 aliphatic carbocycles. The fraction of sp³-hybridized carbons (Fsp3) is 0.350. The first-order valence-corrected chi connectivity index (χ1v) is 9.75. The van der Waals surface area contributed by atoms with E-state index >= 15 is 0 Å². The summed E-state index contributed by atoms with van der Waals surface area (Å²) in [5.41, 5.74) is 4.13. The van der Waals surface area contributed by atoms with Gasteiger partial charge in [-0.25, -0.2) is 9.78 Å². The molecule has 0 saturated carbocycles. The zero-order chi connectivity index (χ0) is 20.0. The van der Waals surface area contributed by atoms with Gasteiger partial charge >= 0.3 is 5.69 Å². The van der Waals surface area contributed by atoms with Gasteiger partial charge in [0.1, 0.15) is 5.52 Å². The minimum Gasteiger partial charge on any atom is -0.324 e. The maximum atomic E-state index is 12.9. The molecule has 4 heterocycles. The lowest BCUT2D eigenvalue weighted by atomic mass is 10.1. The summed E-state index contributed by atoms with van der Waals surface area (Å²) in [6, 6.07) is 6.06. The number of nitrogens with one attached hydrogen (secondary N) is 2. The van der Waals surface area contributed by atoms with Gasteiger partial charge in [0, 0.05) is 24.2 Å². The number of imidazole rings is 1. The largest absolute Gasteiger partial charge is 0.330 e. The summed E-state index contributed by atoms with van der Waals surface area (Å²) in [6.45, 7) is 3.81. The van der Waals surface area contributed by atoms with Gasteiger partial charge in [0.15, 0.2) is 5.65 Å². The molecular formula is C20H22N8O. The monoisotopic (exact) mass is 390 g/mol. The Hall–Kier alpha value is -3.33. The Morgan fingerprint density at radius 3 is 2.90 bits per heavy atom. The third kappa shape index (κ3) is 3.03. The first-order valence-electron chi connectivity index (χ1n) is 9.75. The Morgan fingerprint density at radius 1 is 1.24 bits per heavy atom. The molecule has 0 unspecified atom stereocenters. The van der Waals surface area contributed by atoms with Gasteiger partial charge in [-0.3, -0.25) is 9.13 Å². The number of nitrogens with zero attached hydrogens (tertiary/aromatic N) is 6. The lowest BCUT2D eigenvalue weighted by molar-refractivity contribution is 0.365. The molecule has 0 atom stereocenters. The van der Waals surface area contributed by atoms with Crippen LogP contribution >= 0.6 is 0 Å². The van der Waals surface area contributed by atoms with Gasteiger partial charge in [0.05, 0.1) is 17.9 Å². The number of rotatable bonds is 3. The molecule has 0 amide bonds. The summed E-state index contributed by atoms with van der Waals surface area (Å²) in [5.74, 6) is 0.468. The van der Waals surface area contributed by atoms with E-state index < -0.39 is 0 Å². The zero-order valence-corrected chi connectivity index (χ0v) is 16.4. The van der Waals surface area contributed by atoms with Crippen molar-refractivity contribution in [1.82, 2.24) is 34.6 Å². The summed E-state index contributed by atoms with van der Waals surface area (Å²) in [6.07, 6.45) is 5.21. The lowest BCUT2D eigenvalue weighted by Gasteiger charge is -2.23. The SMILES string of the molecule is Cc1cc2nnccc2cc1Nc1ncc2c(n1)n(C1CCNCC1)c(=O)n2C. The summed E-state index contributed by atoms with van der Waals surface area (Å²) in [7, 11) is 1.77. The maximum Gasteiger partial charge on any atom is 0.330 e. The molecule has 4 aromatic rings. The van der Waals surface area contributed by atoms with Crippen molar-refractivity contribution in [2.75, 3.05) is 18.4 Å². The quantitative estimate of drug-likeness (QED) is 0.552. The third-order valence-corrected chi connectivity index (χ3v) is 5.61. The number of benzene rings is 1. The predicted octanol–water partition coefficient (Wildman–Crippen LogP) is 2.05. The zero-order valence-electron chi connectivity index (χ0n) is 16.4. The molecule has 1 aliphatic rings. The summed E-state index contributed by atoms with van der Waals surface area (Å²) < 4.78 is 3.45. The van der Waals surface area contributed by atoms with E-state index in [1.807, 2.05) is 29.7 Å². The Kier molecular flexibility index (Phi) is 4.24. The van der Waals surface area contributed by atoms with Crippen molar-refractivity contribution >= 4 is 33.7 Å². The van der Waals surface area contributed by atoms with Crippen molar-refractivity contribution in [2.45, 2.75) is 25.8 Å². The number of aromatic nitrogens is 6. The highest BCUT2D eigenvalue weighted by Crippen LogP contribution is 2.26. The van der Waals surface area contributed by atoms with Crippen molar-refractivity contribution in [1.29, 1.82) is 0 Å². The van der Waals surface area contributed by atoms with E-state index in [9.17, 15) is 4.79 Å². The number of aryl methyl sites for hydroxylation is 2.